The lowest BCUT2D eigenvalue weighted by Gasteiger charge is -2.18. The average molecular weight is 508 g/mol. The van der Waals surface area contributed by atoms with E-state index in [1.807, 2.05) is 61.4 Å². The van der Waals surface area contributed by atoms with Gasteiger partial charge in [0.15, 0.2) is 0 Å². The molecule has 0 saturated carbocycles. The summed E-state index contributed by atoms with van der Waals surface area (Å²) in [5, 5.41) is 3.46. The standard InChI is InChI=1S/C28H30ClN3O2S/c1-4-31(5-2)28(33)22-17-25(32(20(22)3)16-15-21-11-7-6-8-12-21)24-19-35-27(30-24)18-34-26-14-10-9-13-23(26)29/h6-14,17,19H,4-5,15-16,18H2,1-3H3. The minimum absolute atomic E-state index is 0.0599. The van der Waals surface area contributed by atoms with E-state index in [9.17, 15) is 4.79 Å². The molecule has 5 nitrogen and oxygen atoms in total. The van der Waals surface area contributed by atoms with Crippen LogP contribution in [0.2, 0.25) is 5.02 Å². The summed E-state index contributed by atoms with van der Waals surface area (Å²) in [5.41, 5.74) is 4.76. The fourth-order valence-corrected chi connectivity index (χ4v) is 5.01. The Hall–Kier alpha value is -3.09. The summed E-state index contributed by atoms with van der Waals surface area (Å²) in [4.78, 5) is 20.0. The third-order valence-corrected chi connectivity index (χ3v) is 7.25. The SMILES string of the molecule is CCN(CC)C(=O)c1cc(-c2csc(COc3ccccc3Cl)n2)n(CCc2ccccc2)c1C. The number of amides is 1. The van der Waals surface area contributed by atoms with Gasteiger partial charge in [-0.1, -0.05) is 54.1 Å². The van der Waals surface area contributed by atoms with Crippen LogP contribution in [0.3, 0.4) is 0 Å². The van der Waals surface area contributed by atoms with Crippen LogP contribution in [0.15, 0.2) is 66.0 Å². The summed E-state index contributed by atoms with van der Waals surface area (Å²) >= 11 is 7.76. The molecule has 0 spiro atoms. The molecule has 0 saturated heterocycles. The van der Waals surface area contributed by atoms with Gasteiger partial charge >= 0.3 is 0 Å². The second kappa shape index (κ2) is 11.6. The van der Waals surface area contributed by atoms with Gasteiger partial charge in [-0.05, 0) is 51.0 Å². The van der Waals surface area contributed by atoms with Gasteiger partial charge in [-0.15, -0.1) is 11.3 Å². The van der Waals surface area contributed by atoms with Crippen molar-refractivity contribution in [3.63, 3.8) is 0 Å². The van der Waals surface area contributed by atoms with E-state index in [-0.39, 0.29) is 5.91 Å². The molecule has 4 rings (SSSR count). The van der Waals surface area contributed by atoms with E-state index in [1.165, 1.54) is 5.56 Å². The maximum absolute atomic E-state index is 13.3. The number of hydrogen-bond acceptors (Lipinski definition) is 4. The van der Waals surface area contributed by atoms with Gasteiger partial charge in [-0.3, -0.25) is 4.79 Å². The maximum atomic E-state index is 13.3. The summed E-state index contributed by atoms with van der Waals surface area (Å²) in [6.45, 7) is 8.51. The Labute approximate surface area is 216 Å². The van der Waals surface area contributed by atoms with Crippen molar-refractivity contribution in [1.29, 1.82) is 0 Å². The molecule has 2 aromatic carbocycles. The van der Waals surface area contributed by atoms with Crippen molar-refractivity contribution in [3.8, 4) is 17.1 Å². The van der Waals surface area contributed by atoms with E-state index in [1.54, 1.807) is 17.4 Å². The zero-order valence-electron chi connectivity index (χ0n) is 20.3. The number of benzene rings is 2. The van der Waals surface area contributed by atoms with E-state index in [4.69, 9.17) is 21.3 Å². The highest BCUT2D eigenvalue weighted by molar-refractivity contribution is 7.09. The van der Waals surface area contributed by atoms with Crippen LogP contribution in [0.5, 0.6) is 5.75 Å². The summed E-state index contributed by atoms with van der Waals surface area (Å²) in [5.74, 6) is 0.699. The van der Waals surface area contributed by atoms with Gasteiger partial charge in [0.1, 0.15) is 17.4 Å². The third-order valence-electron chi connectivity index (χ3n) is 6.12. The lowest BCUT2D eigenvalue weighted by Crippen LogP contribution is -2.30. The van der Waals surface area contributed by atoms with Crippen molar-refractivity contribution in [2.75, 3.05) is 13.1 Å². The number of halogens is 1. The average Bonchev–Trinajstić information content (AvgIpc) is 3.48. The molecule has 35 heavy (non-hydrogen) atoms. The molecule has 0 N–H and O–H groups in total. The van der Waals surface area contributed by atoms with Crippen LogP contribution in [-0.2, 0) is 19.6 Å². The van der Waals surface area contributed by atoms with Gasteiger partial charge in [-0.2, -0.15) is 0 Å². The fourth-order valence-electron chi connectivity index (χ4n) is 4.12. The van der Waals surface area contributed by atoms with Crippen molar-refractivity contribution in [2.45, 2.75) is 40.3 Å². The van der Waals surface area contributed by atoms with Crippen molar-refractivity contribution in [2.24, 2.45) is 0 Å². The van der Waals surface area contributed by atoms with Crippen molar-refractivity contribution >= 4 is 28.8 Å². The summed E-state index contributed by atoms with van der Waals surface area (Å²) < 4.78 is 8.10. The highest BCUT2D eigenvalue weighted by Gasteiger charge is 2.23. The van der Waals surface area contributed by atoms with Crippen LogP contribution < -0.4 is 4.74 Å². The zero-order valence-corrected chi connectivity index (χ0v) is 21.9. The minimum atomic E-state index is 0.0599. The summed E-state index contributed by atoms with van der Waals surface area (Å²) in [6.07, 6.45) is 0.870. The molecular formula is C28H30ClN3O2S. The molecule has 0 aliphatic rings. The molecule has 0 aliphatic heterocycles. The summed E-state index contributed by atoms with van der Waals surface area (Å²) in [7, 11) is 0. The number of para-hydroxylation sites is 1. The largest absolute Gasteiger partial charge is 0.485 e. The van der Waals surface area contributed by atoms with Gasteiger partial charge in [0.25, 0.3) is 5.91 Å². The first-order valence-corrected chi connectivity index (χ1v) is 13.1. The number of nitrogens with zero attached hydrogens (tertiary/aromatic N) is 3. The molecule has 0 radical (unpaired) electrons. The maximum Gasteiger partial charge on any atom is 0.255 e. The van der Waals surface area contributed by atoms with Crippen molar-refractivity contribution in [1.82, 2.24) is 14.5 Å². The topological polar surface area (TPSA) is 47.4 Å². The Morgan fingerprint density at radius 3 is 2.51 bits per heavy atom. The number of aryl methyl sites for hydroxylation is 1. The first-order chi connectivity index (χ1) is 17.0. The van der Waals surface area contributed by atoms with Crippen LogP contribution >= 0.6 is 22.9 Å². The second-order valence-corrected chi connectivity index (χ2v) is 9.59. The van der Waals surface area contributed by atoms with Gasteiger partial charge < -0.3 is 14.2 Å². The molecule has 0 aliphatic carbocycles. The Kier molecular flexibility index (Phi) is 8.26. The highest BCUT2D eigenvalue weighted by atomic mass is 35.5. The van der Waals surface area contributed by atoms with E-state index in [0.29, 0.717) is 30.5 Å². The number of aromatic nitrogens is 2. The zero-order chi connectivity index (χ0) is 24.8. The molecule has 2 heterocycles. The molecule has 182 valence electrons. The molecule has 2 aromatic heterocycles. The second-order valence-electron chi connectivity index (χ2n) is 8.24. The van der Waals surface area contributed by atoms with Gasteiger partial charge in [-0.25, -0.2) is 4.98 Å². The van der Waals surface area contributed by atoms with Crippen LogP contribution in [0, 0.1) is 6.92 Å². The predicted octanol–water partition coefficient (Wildman–Crippen LogP) is 6.88. The number of thiazole rings is 1. The Morgan fingerprint density at radius 2 is 1.80 bits per heavy atom. The minimum Gasteiger partial charge on any atom is -0.485 e. The van der Waals surface area contributed by atoms with Crippen LogP contribution in [0.4, 0.5) is 0 Å². The molecule has 0 bridgehead atoms. The van der Waals surface area contributed by atoms with Gasteiger partial charge in [0, 0.05) is 30.7 Å². The smallest absolute Gasteiger partial charge is 0.255 e. The first kappa shape index (κ1) is 25.0. The number of hydrogen-bond donors (Lipinski definition) is 0. The van der Waals surface area contributed by atoms with Gasteiger partial charge in [0.05, 0.1) is 22.0 Å². The molecule has 7 heteroatoms. The monoisotopic (exact) mass is 507 g/mol. The first-order valence-electron chi connectivity index (χ1n) is 11.9. The van der Waals surface area contributed by atoms with E-state index < -0.39 is 0 Å². The van der Waals surface area contributed by atoms with E-state index in [0.717, 1.165) is 40.6 Å². The van der Waals surface area contributed by atoms with Crippen molar-refractivity contribution in [3.05, 3.63) is 92.9 Å². The number of carbonyl (C=O) groups is 1. The molecule has 0 atom stereocenters. The number of ether oxygens (including phenoxy) is 1. The van der Waals surface area contributed by atoms with Gasteiger partial charge in [0.2, 0.25) is 0 Å². The van der Waals surface area contributed by atoms with Crippen molar-refractivity contribution < 1.29 is 9.53 Å². The van der Waals surface area contributed by atoms with Crippen LogP contribution in [0.25, 0.3) is 11.4 Å². The Balaban J connectivity index is 1.62. The Morgan fingerprint density at radius 1 is 1.09 bits per heavy atom. The quantitative estimate of drug-likeness (QED) is 0.235. The third kappa shape index (κ3) is 5.77. The molecule has 0 fully saturated rings. The normalized spacial score (nSPS) is 11.0. The van der Waals surface area contributed by atoms with E-state index >= 15 is 0 Å². The molecule has 0 unspecified atom stereocenters. The highest BCUT2D eigenvalue weighted by Crippen LogP contribution is 2.30. The molecule has 4 aromatic rings. The molecule has 1 amide bonds. The Bertz CT molecular complexity index is 1280. The number of rotatable bonds is 10. The summed E-state index contributed by atoms with van der Waals surface area (Å²) in [6, 6.07) is 19.8. The van der Waals surface area contributed by atoms with Crippen LogP contribution in [0.1, 0.15) is 40.5 Å². The lowest BCUT2D eigenvalue weighted by atomic mass is 10.1. The number of carbonyl (C=O) groups excluding carboxylic acids is 1. The van der Waals surface area contributed by atoms with Crippen LogP contribution in [-0.4, -0.2) is 33.4 Å². The fraction of sp³-hybridized carbons (Fsp3) is 0.286. The molecular weight excluding hydrogens is 478 g/mol. The van der Waals surface area contributed by atoms with E-state index in [2.05, 4.69) is 28.8 Å². The predicted molar refractivity (Wildman–Crippen MR) is 143 cm³/mol. The lowest BCUT2D eigenvalue weighted by molar-refractivity contribution is 0.0772.